The predicted octanol–water partition coefficient (Wildman–Crippen LogP) is 3.74. The normalized spacial score (nSPS) is 24.0. The first-order valence-electron chi connectivity index (χ1n) is 10.5. The van der Waals surface area contributed by atoms with Crippen LogP contribution in [0.25, 0.3) is 10.8 Å². The van der Waals surface area contributed by atoms with Crippen molar-refractivity contribution in [3.63, 3.8) is 0 Å². The molecule has 2 aliphatic heterocycles. The van der Waals surface area contributed by atoms with Crippen molar-refractivity contribution in [2.45, 2.75) is 24.4 Å². The van der Waals surface area contributed by atoms with Gasteiger partial charge in [0.05, 0.1) is 24.9 Å². The first kappa shape index (κ1) is 20.3. The Balaban J connectivity index is 1.17. The molecule has 2 saturated heterocycles. The predicted molar refractivity (Wildman–Crippen MR) is 120 cm³/mol. The van der Waals surface area contributed by atoms with Crippen molar-refractivity contribution in [2.75, 3.05) is 23.8 Å². The van der Waals surface area contributed by atoms with Crippen molar-refractivity contribution in [1.29, 1.82) is 0 Å². The molecule has 2 heterocycles. The van der Waals surface area contributed by atoms with Gasteiger partial charge >= 0.3 is 12.1 Å². The molecule has 5 rings (SSSR count). The van der Waals surface area contributed by atoms with Crippen LogP contribution in [0.2, 0.25) is 0 Å². The molecule has 0 spiro atoms. The molecule has 3 aromatic carbocycles. The van der Waals surface area contributed by atoms with Crippen molar-refractivity contribution in [3.8, 4) is 0 Å². The number of carbonyl (C=O) groups is 2. The number of hydrogen-bond acceptors (Lipinski definition) is 5. The summed E-state index contributed by atoms with van der Waals surface area (Å²) in [4.78, 5) is 24.8. The third-order valence-electron chi connectivity index (χ3n) is 5.64. The molecule has 2 aliphatic rings. The zero-order chi connectivity index (χ0) is 21.9. The summed E-state index contributed by atoms with van der Waals surface area (Å²) in [7, 11) is 0. The lowest BCUT2D eigenvalue weighted by molar-refractivity contribution is 0.00874. The number of anilines is 2. The highest BCUT2D eigenvalue weighted by Crippen LogP contribution is 2.30. The van der Waals surface area contributed by atoms with Gasteiger partial charge in [0.2, 0.25) is 0 Å². The summed E-state index contributed by atoms with van der Waals surface area (Å²) in [5, 5.41) is 10.4. The quantitative estimate of drug-likeness (QED) is 0.582. The van der Waals surface area contributed by atoms with Crippen molar-refractivity contribution in [3.05, 3.63) is 72.8 Å². The molecule has 4 unspecified atom stereocenters. The lowest BCUT2D eigenvalue weighted by Gasteiger charge is -2.18. The maximum absolute atomic E-state index is 12.5. The number of rotatable bonds is 4. The second kappa shape index (κ2) is 8.86. The average Bonchev–Trinajstić information content (AvgIpc) is 3.38. The van der Waals surface area contributed by atoms with Crippen molar-refractivity contribution >= 4 is 34.3 Å². The molecule has 32 heavy (non-hydrogen) atoms. The smallest absolute Gasteiger partial charge is 0.412 e. The van der Waals surface area contributed by atoms with Gasteiger partial charge in [0.1, 0.15) is 12.2 Å². The summed E-state index contributed by atoms with van der Waals surface area (Å²) >= 11 is 0. The number of carbonyl (C=O) groups excluding carboxylic acids is 2. The Bertz CT molecular complexity index is 1120. The summed E-state index contributed by atoms with van der Waals surface area (Å²) in [5.41, 5.74) is 1.37. The third kappa shape index (κ3) is 4.23. The van der Waals surface area contributed by atoms with Crippen LogP contribution in [0, 0.1) is 0 Å². The Hall–Kier alpha value is -3.62. The molecule has 3 N–H and O–H groups in total. The van der Waals surface area contributed by atoms with Crippen molar-refractivity contribution in [2.24, 2.45) is 0 Å². The lowest BCUT2D eigenvalue weighted by atomic mass is 10.1. The summed E-state index contributed by atoms with van der Waals surface area (Å²) in [6.07, 6.45) is -1.95. The number of ether oxygens (including phenoxy) is 3. The first-order chi connectivity index (χ1) is 15.7. The zero-order valence-corrected chi connectivity index (χ0v) is 17.2. The summed E-state index contributed by atoms with van der Waals surface area (Å²) in [6.45, 7) is 0.485. The molecule has 0 aliphatic carbocycles. The molecule has 164 valence electrons. The highest BCUT2D eigenvalue weighted by Gasteiger charge is 2.50. The Morgan fingerprint density at radius 2 is 1.56 bits per heavy atom. The van der Waals surface area contributed by atoms with Gasteiger partial charge < -0.3 is 24.8 Å². The van der Waals surface area contributed by atoms with Crippen LogP contribution in [0.3, 0.4) is 0 Å². The monoisotopic (exact) mass is 433 g/mol. The fraction of sp³-hybridized carbons (Fsp3) is 0.250. The molecule has 0 aromatic heterocycles. The molecular weight excluding hydrogens is 410 g/mol. The number of urea groups is 1. The summed E-state index contributed by atoms with van der Waals surface area (Å²) < 4.78 is 17.2. The molecule has 0 saturated carbocycles. The molecule has 0 bridgehead atoms. The molecule has 0 radical (unpaired) electrons. The van der Waals surface area contributed by atoms with E-state index in [1.165, 1.54) is 0 Å². The Labute approximate surface area is 184 Å². The minimum atomic E-state index is -0.572. The fourth-order valence-corrected chi connectivity index (χ4v) is 4.16. The van der Waals surface area contributed by atoms with Crippen LogP contribution in [0.15, 0.2) is 72.8 Å². The van der Waals surface area contributed by atoms with Gasteiger partial charge in [-0.05, 0) is 23.6 Å². The van der Waals surface area contributed by atoms with Crippen LogP contribution >= 0.6 is 0 Å². The van der Waals surface area contributed by atoms with Crippen molar-refractivity contribution in [1.82, 2.24) is 5.32 Å². The largest absolute Gasteiger partial charge is 0.441 e. The molecule has 8 heteroatoms. The average molecular weight is 433 g/mol. The highest BCUT2D eigenvalue weighted by molar-refractivity contribution is 6.00. The van der Waals surface area contributed by atoms with E-state index in [0.29, 0.717) is 11.4 Å². The standard InChI is InChI=1S/C24H23N3O5/c28-23(25-16-9-2-1-3-10-16)26-19-13-30-22-20(14-31-21(19)22)32-24(29)27-18-12-6-8-15-7-4-5-11-17(15)18/h1-12,19-22H,13-14H2,(H,27,29)(H2,25,26,28). The van der Waals surface area contributed by atoms with Crippen LogP contribution in [-0.2, 0) is 14.2 Å². The Morgan fingerprint density at radius 3 is 2.44 bits per heavy atom. The van der Waals surface area contributed by atoms with E-state index in [0.717, 1.165) is 10.8 Å². The molecular formula is C24H23N3O5. The second-order valence-corrected chi connectivity index (χ2v) is 7.76. The highest BCUT2D eigenvalue weighted by atomic mass is 16.6. The van der Waals surface area contributed by atoms with E-state index in [1.54, 1.807) is 12.1 Å². The van der Waals surface area contributed by atoms with Crippen LogP contribution in [0.5, 0.6) is 0 Å². The van der Waals surface area contributed by atoms with Gasteiger partial charge in [-0.1, -0.05) is 54.6 Å². The molecule has 3 amide bonds. The van der Waals surface area contributed by atoms with Gasteiger partial charge in [0, 0.05) is 11.1 Å². The lowest BCUT2D eigenvalue weighted by Crippen LogP contribution is -2.46. The minimum Gasteiger partial charge on any atom is -0.441 e. The molecule has 8 nitrogen and oxygen atoms in total. The number of amides is 3. The first-order valence-corrected chi connectivity index (χ1v) is 10.5. The van der Waals surface area contributed by atoms with Gasteiger partial charge in [0.15, 0.2) is 6.10 Å². The minimum absolute atomic E-state index is 0.205. The Morgan fingerprint density at radius 1 is 0.812 bits per heavy atom. The maximum Gasteiger partial charge on any atom is 0.412 e. The third-order valence-corrected chi connectivity index (χ3v) is 5.64. The SMILES string of the molecule is O=C(Nc1ccccc1)NC1COC2C(OC(=O)Nc3cccc4ccccc34)COC12. The van der Waals surface area contributed by atoms with Crippen LogP contribution < -0.4 is 16.0 Å². The Kier molecular flexibility index (Phi) is 5.62. The topological polar surface area (TPSA) is 97.9 Å². The fourth-order valence-electron chi connectivity index (χ4n) is 4.16. The molecule has 2 fully saturated rings. The van der Waals surface area contributed by atoms with Crippen LogP contribution in [0.4, 0.5) is 21.0 Å². The van der Waals surface area contributed by atoms with E-state index < -0.39 is 18.3 Å². The van der Waals surface area contributed by atoms with Gasteiger partial charge in [-0.25, -0.2) is 9.59 Å². The number of benzene rings is 3. The van der Waals surface area contributed by atoms with E-state index in [1.807, 2.05) is 60.7 Å². The molecule has 4 atom stereocenters. The van der Waals surface area contributed by atoms with E-state index in [2.05, 4.69) is 16.0 Å². The van der Waals surface area contributed by atoms with Gasteiger partial charge in [-0.2, -0.15) is 0 Å². The zero-order valence-electron chi connectivity index (χ0n) is 17.2. The van der Waals surface area contributed by atoms with E-state index in [-0.39, 0.29) is 31.4 Å². The number of hydrogen-bond donors (Lipinski definition) is 3. The van der Waals surface area contributed by atoms with E-state index in [4.69, 9.17) is 14.2 Å². The summed E-state index contributed by atoms with van der Waals surface area (Å²) in [5.74, 6) is 0. The maximum atomic E-state index is 12.5. The number of fused-ring (bicyclic) bond motifs is 2. The van der Waals surface area contributed by atoms with Crippen LogP contribution in [0.1, 0.15) is 0 Å². The van der Waals surface area contributed by atoms with Crippen LogP contribution in [-0.4, -0.2) is 49.7 Å². The van der Waals surface area contributed by atoms with Gasteiger partial charge in [-0.15, -0.1) is 0 Å². The van der Waals surface area contributed by atoms with E-state index in [9.17, 15) is 9.59 Å². The summed E-state index contributed by atoms with van der Waals surface area (Å²) in [6, 6.07) is 22.0. The number of nitrogens with one attached hydrogen (secondary N) is 3. The number of para-hydroxylation sites is 1. The van der Waals surface area contributed by atoms with E-state index >= 15 is 0 Å². The second-order valence-electron chi connectivity index (χ2n) is 7.76. The molecule has 3 aromatic rings. The van der Waals surface area contributed by atoms with Gasteiger partial charge in [0.25, 0.3) is 0 Å². The van der Waals surface area contributed by atoms with Gasteiger partial charge in [-0.3, -0.25) is 5.32 Å². The van der Waals surface area contributed by atoms with Crippen molar-refractivity contribution < 1.29 is 23.8 Å².